The topological polar surface area (TPSA) is 112 Å². The zero-order chi connectivity index (χ0) is 12.7. The van der Waals surface area contributed by atoms with Gasteiger partial charge in [-0.25, -0.2) is 4.99 Å². The highest BCUT2D eigenvalue weighted by Gasteiger charge is 2.37. The van der Waals surface area contributed by atoms with E-state index in [0.717, 1.165) is 5.56 Å². The van der Waals surface area contributed by atoms with Crippen molar-refractivity contribution >= 4 is 17.8 Å². The molecule has 0 saturated carbocycles. The minimum Gasteiger partial charge on any atom is -0.370 e. The minimum atomic E-state index is -0.549. The summed E-state index contributed by atoms with van der Waals surface area (Å²) in [4.78, 5) is 30.6. The molecule has 0 fully saturated rings. The van der Waals surface area contributed by atoms with Gasteiger partial charge in [0, 0.05) is 18.7 Å². The Morgan fingerprint density at radius 3 is 2.94 bits per heavy atom. The maximum Gasteiger partial charge on any atom is 0.267 e. The van der Waals surface area contributed by atoms with Gasteiger partial charge in [0.15, 0.2) is 5.96 Å². The number of nitrogens with two attached hydrogens (primary N) is 1. The third-order valence-electron chi connectivity index (χ3n) is 3.33. The van der Waals surface area contributed by atoms with E-state index in [1.807, 2.05) is 6.07 Å². The fourth-order valence-electron chi connectivity index (χ4n) is 2.51. The summed E-state index contributed by atoms with van der Waals surface area (Å²) in [5.41, 5.74) is 6.84. The lowest BCUT2D eigenvalue weighted by Crippen LogP contribution is -2.35. The molecule has 1 aromatic heterocycles. The number of amides is 2. The molecule has 2 amide bonds. The van der Waals surface area contributed by atoms with Crippen LogP contribution in [0.1, 0.15) is 28.4 Å². The Bertz CT molecular complexity index is 547. The number of carbonyl (C=O) groups excluding carboxylic acids is 2. The van der Waals surface area contributed by atoms with Crippen LogP contribution in [0, 0.1) is 0 Å². The van der Waals surface area contributed by atoms with Crippen LogP contribution in [0.15, 0.2) is 17.3 Å². The predicted molar refractivity (Wildman–Crippen MR) is 64.0 cm³/mol. The van der Waals surface area contributed by atoms with Gasteiger partial charge in [-0.3, -0.25) is 14.9 Å². The summed E-state index contributed by atoms with van der Waals surface area (Å²) in [7, 11) is 0. The molecule has 3 rings (SSSR count). The number of hydrogen-bond donors (Lipinski definition) is 4. The lowest BCUT2D eigenvalue weighted by Gasteiger charge is -2.17. The Morgan fingerprint density at radius 1 is 1.39 bits per heavy atom. The van der Waals surface area contributed by atoms with Crippen LogP contribution in [0.5, 0.6) is 0 Å². The fourth-order valence-corrected chi connectivity index (χ4v) is 2.51. The van der Waals surface area contributed by atoms with Gasteiger partial charge < -0.3 is 16.0 Å². The van der Waals surface area contributed by atoms with Crippen LogP contribution in [-0.4, -0.2) is 35.3 Å². The summed E-state index contributed by atoms with van der Waals surface area (Å²) in [6, 6.07) is 1.27. The molecule has 0 radical (unpaired) electrons. The molecule has 7 heteroatoms. The first-order chi connectivity index (χ1) is 8.66. The van der Waals surface area contributed by atoms with Crippen molar-refractivity contribution in [3.8, 4) is 0 Å². The second kappa shape index (κ2) is 3.86. The number of nitrogens with one attached hydrogen (secondary N) is 3. The number of aromatic amines is 1. The molecule has 0 aliphatic carbocycles. The molecule has 0 bridgehead atoms. The zero-order valence-corrected chi connectivity index (χ0v) is 9.56. The highest BCUT2D eigenvalue weighted by Crippen LogP contribution is 2.31. The van der Waals surface area contributed by atoms with E-state index in [4.69, 9.17) is 5.73 Å². The first-order valence-electron chi connectivity index (χ1n) is 5.76. The smallest absolute Gasteiger partial charge is 0.267 e. The molecule has 0 unspecified atom stereocenters. The third-order valence-corrected chi connectivity index (χ3v) is 3.33. The van der Waals surface area contributed by atoms with Crippen molar-refractivity contribution in [2.75, 3.05) is 6.54 Å². The van der Waals surface area contributed by atoms with Crippen molar-refractivity contribution in [2.45, 2.75) is 18.4 Å². The summed E-state index contributed by atoms with van der Waals surface area (Å²) in [5.74, 6) is -0.344. The van der Waals surface area contributed by atoms with E-state index >= 15 is 0 Å². The van der Waals surface area contributed by atoms with Crippen LogP contribution in [0.25, 0.3) is 0 Å². The van der Waals surface area contributed by atoms with Crippen molar-refractivity contribution in [3.63, 3.8) is 0 Å². The van der Waals surface area contributed by atoms with E-state index in [1.54, 1.807) is 6.20 Å². The van der Waals surface area contributed by atoms with Gasteiger partial charge in [-0.15, -0.1) is 0 Å². The standard InChI is InChI=1S/C11H13N5O2/c12-11-15-8(10(18)16-11)6-2-4-14-9(17)7-5(6)1-3-13-7/h1,3,6,8,13H,2,4H2,(H,14,17)(H3,12,15,16,18)/t6-,8-/m0/s1. The number of rotatable bonds is 1. The quantitative estimate of drug-likeness (QED) is 0.513. The van der Waals surface area contributed by atoms with E-state index in [9.17, 15) is 9.59 Å². The van der Waals surface area contributed by atoms with Crippen LogP contribution in [0.4, 0.5) is 0 Å². The maximum atomic E-state index is 11.8. The molecule has 0 aromatic carbocycles. The Morgan fingerprint density at radius 2 is 2.22 bits per heavy atom. The van der Waals surface area contributed by atoms with Crippen molar-refractivity contribution in [1.29, 1.82) is 0 Å². The number of carbonyl (C=O) groups is 2. The van der Waals surface area contributed by atoms with Crippen molar-refractivity contribution in [3.05, 3.63) is 23.5 Å². The van der Waals surface area contributed by atoms with Gasteiger partial charge in [0.2, 0.25) is 0 Å². The van der Waals surface area contributed by atoms with E-state index in [2.05, 4.69) is 20.6 Å². The summed E-state index contributed by atoms with van der Waals surface area (Å²) >= 11 is 0. The molecule has 0 spiro atoms. The molecule has 94 valence electrons. The molecule has 1 aromatic rings. The molecular formula is C11H13N5O2. The second-order valence-corrected chi connectivity index (χ2v) is 4.41. The van der Waals surface area contributed by atoms with E-state index < -0.39 is 6.04 Å². The van der Waals surface area contributed by atoms with Crippen LogP contribution in [0.3, 0.4) is 0 Å². The molecule has 3 heterocycles. The van der Waals surface area contributed by atoms with Gasteiger partial charge >= 0.3 is 0 Å². The molecule has 2 aliphatic rings. The number of aliphatic imine (C=N–C) groups is 1. The van der Waals surface area contributed by atoms with Crippen LogP contribution >= 0.6 is 0 Å². The molecule has 0 saturated heterocycles. The molecule has 2 atom stereocenters. The first kappa shape index (κ1) is 10.8. The van der Waals surface area contributed by atoms with Crippen LogP contribution in [-0.2, 0) is 4.79 Å². The molecule has 5 N–H and O–H groups in total. The van der Waals surface area contributed by atoms with Crippen molar-refractivity contribution in [2.24, 2.45) is 10.7 Å². The highest BCUT2D eigenvalue weighted by atomic mass is 16.2. The lowest BCUT2D eigenvalue weighted by molar-refractivity contribution is -0.120. The number of aromatic nitrogens is 1. The number of fused-ring (bicyclic) bond motifs is 1. The largest absolute Gasteiger partial charge is 0.370 e. The van der Waals surface area contributed by atoms with Gasteiger partial charge in [-0.1, -0.05) is 0 Å². The Kier molecular flexibility index (Phi) is 2.32. The van der Waals surface area contributed by atoms with Gasteiger partial charge in [0.05, 0.1) is 0 Å². The van der Waals surface area contributed by atoms with E-state index in [-0.39, 0.29) is 23.7 Å². The van der Waals surface area contributed by atoms with Gasteiger partial charge in [0.25, 0.3) is 11.8 Å². The Hall–Kier alpha value is -2.31. The lowest BCUT2D eigenvalue weighted by atomic mass is 9.89. The van der Waals surface area contributed by atoms with Crippen molar-refractivity contribution in [1.82, 2.24) is 15.6 Å². The van der Waals surface area contributed by atoms with Gasteiger partial charge in [-0.05, 0) is 18.1 Å². The zero-order valence-electron chi connectivity index (χ0n) is 9.56. The van der Waals surface area contributed by atoms with E-state index in [1.165, 1.54) is 0 Å². The maximum absolute atomic E-state index is 11.8. The number of guanidine groups is 1. The molecule has 2 aliphatic heterocycles. The predicted octanol–water partition coefficient (Wildman–Crippen LogP) is -0.955. The average molecular weight is 247 g/mol. The molecule has 18 heavy (non-hydrogen) atoms. The van der Waals surface area contributed by atoms with Gasteiger partial charge in [0.1, 0.15) is 11.7 Å². The molecular weight excluding hydrogens is 234 g/mol. The Labute approximate surface area is 103 Å². The first-order valence-corrected chi connectivity index (χ1v) is 5.76. The third kappa shape index (κ3) is 1.55. The normalized spacial score (nSPS) is 27.0. The summed E-state index contributed by atoms with van der Waals surface area (Å²) in [5, 5.41) is 5.28. The Balaban J connectivity index is 2.01. The second-order valence-electron chi connectivity index (χ2n) is 4.41. The minimum absolute atomic E-state index is 0.133. The van der Waals surface area contributed by atoms with Gasteiger partial charge in [-0.2, -0.15) is 0 Å². The summed E-state index contributed by atoms with van der Waals surface area (Å²) < 4.78 is 0. The van der Waals surface area contributed by atoms with Crippen LogP contribution in [0.2, 0.25) is 0 Å². The van der Waals surface area contributed by atoms with E-state index in [0.29, 0.717) is 18.7 Å². The number of hydrogen-bond acceptors (Lipinski definition) is 4. The summed E-state index contributed by atoms with van der Waals surface area (Å²) in [6.07, 6.45) is 2.36. The summed E-state index contributed by atoms with van der Waals surface area (Å²) in [6.45, 7) is 0.519. The average Bonchev–Trinajstić information content (AvgIpc) is 2.88. The number of nitrogens with zero attached hydrogens (tertiary/aromatic N) is 1. The van der Waals surface area contributed by atoms with Crippen LogP contribution < -0.4 is 16.4 Å². The fraction of sp³-hybridized carbons (Fsp3) is 0.364. The molecule has 7 nitrogen and oxygen atoms in total. The monoisotopic (exact) mass is 247 g/mol. The van der Waals surface area contributed by atoms with Crippen molar-refractivity contribution < 1.29 is 9.59 Å². The SMILES string of the molecule is NC1=N[C@@H]([C@H]2CCNC(=O)c3[nH]ccc32)C(=O)N1. The number of H-pyrrole nitrogens is 1. The highest BCUT2D eigenvalue weighted by molar-refractivity contribution is 6.05.